The Morgan fingerprint density at radius 3 is 3.00 bits per heavy atom. The van der Waals surface area contributed by atoms with E-state index in [1.807, 2.05) is 18.4 Å². The van der Waals surface area contributed by atoms with E-state index in [1.54, 1.807) is 23.6 Å². The third kappa shape index (κ3) is 3.78. The molecule has 1 heterocycles. The summed E-state index contributed by atoms with van der Waals surface area (Å²) in [4.78, 5) is 5.18. The van der Waals surface area contributed by atoms with Gasteiger partial charge in [0.2, 0.25) is 0 Å². The summed E-state index contributed by atoms with van der Waals surface area (Å²) in [5, 5.41) is 5.27. The molecule has 19 heavy (non-hydrogen) atoms. The highest BCUT2D eigenvalue weighted by atomic mass is 32.2. The van der Waals surface area contributed by atoms with Crippen LogP contribution in [0.25, 0.3) is 0 Å². The zero-order valence-electron chi connectivity index (χ0n) is 11.0. The van der Waals surface area contributed by atoms with Crippen LogP contribution < -0.4 is 5.32 Å². The summed E-state index contributed by atoms with van der Waals surface area (Å²) in [5.41, 5.74) is 0.733. The first-order chi connectivity index (χ1) is 9.22. The third-order valence-electron chi connectivity index (χ3n) is 2.75. The van der Waals surface area contributed by atoms with Crippen molar-refractivity contribution >= 4 is 23.1 Å². The van der Waals surface area contributed by atoms with Crippen LogP contribution in [0.1, 0.15) is 31.9 Å². The molecule has 102 valence electrons. The molecule has 0 bridgehead atoms. The van der Waals surface area contributed by atoms with Gasteiger partial charge in [0.1, 0.15) is 5.82 Å². The molecular formula is C14H17FN2S2. The SMILES string of the molecule is CCCNC(C)c1c(F)cccc1Sc1nccs1. The average molecular weight is 296 g/mol. The van der Waals surface area contributed by atoms with Crippen LogP contribution in [0.15, 0.2) is 39.0 Å². The van der Waals surface area contributed by atoms with Crippen LogP contribution in [0.5, 0.6) is 0 Å². The Hall–Kier alpha value is -0.910. The van der Waals surface area contributed by atoms with E-state index < -0.39 is 0 Å². The lowest BCUT2D eigenvalue weighted by Gasteiger charge is -2.17. The minimum atomic E-state index is -0.155. The lowest BCUT2D eigenvalue weighted by Crippen LogP contribution is -2.20. The molecule has 0 aliphatic rings. The molecule has 5 heteroatoms. The summed E-state index contributed by atoms with van der Waals surface area (Å²) in [6, 6.07) is 5.23. The first-order valence-corrected chi connectivity index (χ1v) is 8.01. The van der Waals surface area contributed by atoms with Crippen molar-refractivity contribution in [2.75, 3.05) is 6.54 Å². The monoisotopic (exact) mass is 296 g/mol. The molecule has 1 aromatic heterocycles. The Morgan fingerprint density at radius 2 is 2.32 bits per heavy atom. The van der Waals surface area contributed by atoms with E-state index in [-0.39, 0.29) is 11.9 Å². The Labute approximate surface area is 121 Å². The summed E-state index contributed by atoms with van der Waals surface area (Å²) < 4.78 is 15.0. The molecule has 0 fully saturated rings. The van der Waals surface area contributed by atoms with Gasteiger partial charge in [-0.3, -0.25) is 0 Å². The van der Waals surface area contributed by atoms with Crippen molar-refractivity contribution in [2.24, 2.45) is 0 Å². The lowest BCUT2D eigenvalue weighted by atomic mass is 10.1. The predicted octanol–water partition coefficient (Wildman–Crippen LogP) is 4.49. The van der Waals surface area contributed by atoms with Crippen LogP contribution in [-0.4, -0.2) is 11.5 Å². The van der Waals surface area contributed by atoms with Crippen molar-refractivity contribution in [1.82, 2.24) is 10.3 Å². The van der Waals surface area contributed by atoms with Gasteiger partial charge in [-0.1, -0.05) is 24.8 Å². The smallest absolute Gasteiger partial charge is 0.154 e. The minimum absolute atomic E-state index is 0.00334. The van der Waals surface area contributed by atoms with Gasteiger partial charge >= 0.3 is 0 Å². The first kappa shape index (κ1) is 14.5. The molecule has 0 saturated carbocycles. The maximum absolute atomic E-state index is 14.1. The summed E-state index contributed by atoms with van der Waals surface area (Å²) in [6.45, 7) is 4.99. The topological polar surface area (TPSA) is 24.9 Å². The lowest BCUT2D eigenvalue weighted by molar-refractivity contribution is 0.519. The van der Waals surface area contributed by atoms with Crippen molar-refractivity contribution in [1.29, 1.82) is 0 Å². The predicted molar refractivity (Wildman–Crippen MR) is 79.3 cm³/mol. The van der Waals surface area contributed by atoms with Crippen molar-refractivity contribution < 1.29 is 4.39 Å². The maximum atomic E-state index is 14.1. The Bertz CT molecular complexity index is 514. The van der Waals surface area contributed by atoms with E-state index in [4.69, 9.17) is 0 Å². The second-order valence-electron chi connectivity index (χ2n) is 4.23. The Kier molecular flexibility index (Phi) is 5.36. The zero-order valence-corrected chi connectivity index (χ0v) is 12.7. The molecule has 0 aliphatic heterocycles. The molecule has 1 atom stereocenters. The highest BCUT2D eigenvalue weighted by Gasteiger charge is 2.16. The average Bonchev–Trinajstić information content (AvgIpc) is 2.89. The van der Waals surface area contributed by atoms with Crippen molar-refractivity contribution in [3.63, 3.8) is 0 Å². The van der Waals surface area contributed by atoms with Crippen LogP contribution in [0, 0.1) is 5.82 Å². The van der Waals surface area contributed by atoms with Crippen LogP contribution in [0.3, 0.4) is 0 Å². The molecule has 0 radical (unpaired) electrons. The number of hydrogen-bond donors (Lipinski definition) is 1. The Balaban J connectivity index is 2.25. The minimum Gasteiger partial charge on any atom is -0.310 e. The van der Waals surface area contributed by atoms with Crippen molar-refractivity contribution in [3.05, 3.63) is 41.2 Å². The summed E-state index contributed by atoms with van der Waals surface area (Å²) in [5.74, 6) is -0.155. The maximum Gasteiger partial charge on any atom is 0.154 e. The van der Waals surface area contributed by atoms with Gasteiger partial charge in [0.05, 0.1) is 0 Å². The second-order valence-corrected chi connectivity index (χ2v) is 6.41. The summed E-state index contributed by atoms with van der Waals surface area (Å²) >= 11 is 3.10. The van der Waals surface area contributed by atoms with Crippen LogP contribution >= 0.6 is 23.1 Å². The van der Waals surface area contributed by atoms with E-state index in [2.05, 4.69) is 17.2 Å². The number of thiazole rings is 1. The van der Waals surface area contributed by atoms with Gasteiger partial charge in [-0.2, -0.15) is 0 Å². The van der Waals surface area contributed by atoms with Gasteiger partial charge in [0.15, 0.2) is 4.34 Å². The van der Waals surface area contributed by atoms with Crippen molar-refractivity contribution in [2.45, 2.75) is 35.5 Å². The zero-order chi connectivity index (χ0) is 13.7. The van der Waals surface area contributed by atoms with Gasteiger partial charge in [-0.15, -0.1) is 11.3 Å². The number of benzene rings is 1. The van der Waals surface area contributed by atoms with Crippen molar-refractivity contribution in [3.8, 4) is 0 Å². The van der Waals surface area contributed by atoms with E-state index in [0.29, 0.717) is 0 Å². The molecule has 2 rings (SSSR count). The summed E-state index contributed by atoms with van der Waals surface area (Å²) in [6.07, 6.45) is 2.80. The fourth-order valence-electron chi connectivity index (χ4n) is 1.84. The van der Waals surface area contributed by atoms with Crippen LogP contribution in [0.2, 0.25) is 0 Å². The number of nitrogens with one attached hydrogen (secondary N) is 1. The molecule has 0 amide bonds. The van der Waals surface area contributed by atoms with E-state index in [9.17, 15) is 4.39 Å². The quantitative estimate of drug-likeness (QED) is 0.850. The highest BCUT2D eigenvalue weighted by Crippen LogP contribution is 2.35. The fourth-order valence-corrected chi connectivity index (χ4v) is 3.67. The van der Waals surface area contributed by atoms with Gasteiger partial charge < -0.3 is 5.32 Å². The molecule has 2 nitrogen and oxygen atoms in total. The molecule has 1 N–H and O–H groups in total. The standard InChI is InChI=1S/C14H17FN2S2/c1-3-7-16-10(2)13-11(15)5-4-6-12(13)19-14-17-8-9-18-14/h4-6,8-10,16H,3,7H2,1-2H3. The first-order valence-electron chi connectivity index (χ1n) is 6.31. The molecule has 0 spiro atoms. The highest BCUT2D eigenvalue weighted by molar-refractivity contribution is 8.01. The fraction of sp³-hybridized carbons (Fsp3) is 0.357. The normalized spacial score (nSPS) is 12.6. The number of aromatic nitrogens is 1. The van der Waals surface area contributed by atoms with Crippen LogP contribution in [-0.2, 0) is 0 Å². The molecule has 1 unspecified atom stereocenters. The van der Waals surface area contributed by atoms with E-state index in [0.717, 1.165) is 27.8 Å². The molecule has 1 aromatic carbocycles. The number of rotatable bonds is 6. The number of hydrogen-bond acceptors (Lipinski definition) is 4. The largest absolute Gasteiger partial charge is 0.310 e. The van der Waals surface area contributed by atoms with Crippen LogP contribution in [0.4, 0.5) is 4.39 Å². The molecular weight excluding hydrogens is 279 g/mol. The molecule has 0 aliphatic carbocycles. The summed E-state index contributed by atoms with van der Waals surface area (Å²) in [7, 11) is 0. The molecule has 2 aromatic rings. The number of halogens is 1. The van der Waals surface area contributed by atoms with Gasteiger partial charge in [0, 0.05) is 28.1 Å². The van der Waals surface area contributed by atoms with Gasteiger partial charge in [0.25, 0.3) is 0 Å². The van der Waals surface area contributed by atoms with E-state index in [1.165, 1.54) is 17.8 Å². The van der Waals surface area contributed by atoms with Gasteiger partial charge in [-0.25, -0.2) is 9.37 Å². The third-order valence-corrected chi connectivity index (χ3v) is 4.71. The second kappa shape index (κ2) is 7.03. The molecule has 0 saturated heterocycles. The van der Waals surface area contributed by atoms with E-state index >= 15 is 0 Å². The Morgan fingerprint density at radius 1 is 1.47 bits per heavy atom. The van der Waals surface area contributed by atoms with Gasteiger partial charge in [-0.05, 0) is 32.0 Å². The number of nitrogens with zero attached hydrogens (tertiary/aromatic N) is 1.